The molecule has 4 heteroatoms. The Labute approximate surface area is 112 Å². The van der Waals surface area contributed by atoms with Crippen molar-refractivity contribution in [3.8, 4) is 0 Å². The van der Waals surface area contributed by atoms with Gasteiger partial charge in [0.15, 0.2) is 0 Å². The number of amides is 1. The van der Waals surface area contributed by atoms with Crippen molar-refractivity contribution in [3.63, 3.8) is 0 Å². The van der Waals surface area contributed by atoms with Crippen molar-refractivity contribution in [2.75, 3.05) is 13.1 Å². The van der Waals surface area contributed by atoms with Gasteiger partial charge in [0.2, 0.25) is 5.91 Å². The Bertz CT molecular complexity index is 596. The van der Waals surface area contributed by atoms with Crippen LogP contribution in [0.3, 0.4) is 0 Å². The molecule has 0 spiro atoms. The summed E-state index contributed by atoms with van der Waals surface area (Å²) >= 11 is 0. The zero-order valence-electron chi connectivity index (χ0n) is 11.4. The summed E-state index contributed by atoms with van der Waals surface area (Å²) in [5.41, 5.74) is 2.25. The Morgan fingerprint density at radius 3 is 3.00 bits per heavy atom. The number of aromatic nitrogens is 2. The molecule has 0 aromatic carbocycles. The summed E-state index contributed by atoms with van der Waals surface area (Å²) in [7, 11) is 0. The molecule has 0 radical (unpaired) electrons. The average molecular weight is 257 g/mol. The first kappa shape index (κ1) is 12.2. The number of aromatic amines is 1. The van der Waals surface area contributed by atoms with E-state index in [0.717, 1.165) is 30.7 Å². The standard InChI is InChI=1S/C15H19N3O/c1-10(2)15(19)18-8-11(9-18)7-13-14-12(3-5-16-13)4-6-17-14/h3-6,10-11,17H,7-9H2,1-2H3. The van der Waals surface area contributed by atoms with Crippen LogP contribution < -0.4 is 0 Å². The van der Waals surface area contributed by atoms with E-state index < -0.39 is 0 Å². The molecule has 2 aromatic heterocycles. The number of carbonyl (C=O) groups excluding carboxylic acids is 1. The van der Waals surface area contributed by atoms with Gasteiger partial charge in [-0.1, -0.05) is 13.8 Å². The number of nitrogens with one attached hydrogen (secondary N) is 1. The minimum atomic E-state index is 0.103. The van der Waals surface area contributed by atoms with Crippen molar-refractivity contribution < 1.29 is 4.79 Å². The zero-order valence-corrected chi connectivity index (χ0v) is 11.4. The van der Waals surface area contributed by atoms with Gasteiger partial charge in [-0.2, -0.15) is 0 Å². The van der Waals surface area contributed by atoms with Crippen molar-refractivity contribution in [2.45, 2.75) is 20.3 Å². The van der Waals surface area contributed by atoms with E-state index in [2.05, 4.69) is 16.0 Å². The highest BCUT2D eigenvalue weighted by atomic mass is 16.2. The van der Waals surface area contributed by atoms with E-state index >= 15 is 0 Å². The summed E-state index contributed by atoms with van der Waals surface area (Å²) in [6, 6.07) is 4.08. The number of fused-ring (bicyclic) bond motifs is 1. The fourth-order valence-corrected chi connectivity index (χ4v) is 2.71. The normalized spacial score (nSPS) is 16.1. The maximum Gasteiger partial charge on any atom is 0.225 e. The van der Waals surface area contributed by atoms with Gasteiger partial charge in [0.1, 0.15) is 0 Å². The first-order valence-electron chi connectivity index (χ1n) is 6.85. The first-order chi connectivity index (χ1) is 9.15. The van der Waals surface area contributed by atoms with Crippen molar-refractivity contribution in [3.05, 3.63) is 30.2 Å². The van der Waals surface area contributed by atoms with Crippen LogP contribution in [0, 0.1) is 11.8 Å². The number of likely N-dealkylation sites (tertiary alicyclic amines) is 1. The van der Waals surface area contributed by atoms with E-state index in [9.17, 15) is 4.79 Å². The summed E-state index contributed by atoms with van der Waals surface area (Å²) in [5, 5.41) is 1.21. The molecule has 19 heavy (non-hydrogen) atoms. The van der Waals surface area contributed by atoms with Gasteiger partial charge in [-0.05, 0) is 24.5 Å². The second-order valence-corrected chi connectivity index (χ2v) is 5.67. The Morgan fingerprint density at radius 2 is 2.26 bits per heavy atom. The third kappa shape index (κ3) is 2.23. The molecule has 3 rings (SSSR count). The van der Waals surface area contributed by atoms with Crippen molar-refractivity contribution in [1.29, 1.82) is 0 Å². The molecule has 0 atom stereocenters. The maximum absolute atomic E-state index is 11.8. The largest absolute Gasteiger partial charge is 0.360 e. The summed E-state index contributed by atoms with van der Waals surface area (Å²) in [4.78, 5) is 21.5. The van der Waals surface area contributed by atoms with Crippen LogP contribution in [-0.4, -0.2) is 33.9 Å². The SMILES string of the molecule is CC(C)C(=O)N1CC(Cc2nccc3cc[nH]c23)C1. The molecule has 100 valence electrons. The number of pyridine rings is 1. The lowest BCUT2D eigenvalue weighted by atomic mass is 9.92. The van der Waals surface area contributed by atoms with Crippen LogP contribution >= 0.6 is 0 Å². The highest BCUT2D eigenvalue weighted by molar-refractivity contribution is 5.81. The lowest BCUT2D eigenvalue weighted by Gasteiger charge is -2.40. The second-order valence-electron chi connectivity index (χ2n) is 5.67. The van der Waals surface area contributed by atoms with Crippen molar-refractivity contribution >= 4 is 16.8 Å². The molecule has 1 aliphatic heterocycles. The molecule has 1 amide bonds. The quantitative estimate of drug-likeness (QED) is 0.916. The van der Waals surface area contributed by atoms with Gasteiger partial charge < -0.3 is 9.88 Å². The summed E-state index contributed by atoms with van der Waals surface area (Å²) < 4.78 is 0. The van der Waals surface area contributed by atoms with Gasteiger partial charge in [-0.25, -0.2) is 0 Å². The Kier molecular flexibility index (Phi) is 3.01. The van der Waals surface area contributed by atoms with E-state index in [1.165, 1.54) is 5.39 Å². The number of rotatable bonds is 3. The molecule has 0 unspecified atom stereocenters. The van der Waals surface area contributed by atoms with Gasteiger partial charge >= 0.3 is 0 Å². The molecule has 0 bridgehead atoms. The predicted octanol–water partition coefficient (Wildman–Crippen LogP) is 2.22. The molecule has 0 saturated carbocycles. The van der Waals surface area contributed by atoms with E-state index in [1.807, 2.05) is 37.2 Å². The Hall–Kier alpha value is -1.84. The molecule has 1 fully saturated rings. The molecule has 3 heterocycles. The lowest BCUT2D eigenvalue weighted by molar-refractivity contribution is -0.140. The average Bonchev–Trinajstić information content (AvgIpc) is 2.81. The monoisotopic (exact) mass is 257 g/mol. The fraction of sp³-hybridized carbons (Fsp3) is 0.467. The lowest BCUT2D eigenvalue weighted by Crippen LogP contribution is -2.52. The number of H-pyrrole nitrogens is 1. The Morgan fingerprint density at radius 1 is 1.47 bits per heavy atom. The second kappa shape index (κ2) is 4.68. The summed E-state index contributed by atoms with van der Waals surface area (Å²) in [6.45, 7) is 5.65. The van der Waals surface area contributed by atoms with Gasteiger partial charge in [0.05, 0.1) is 11.2 Å². The van der Waals surface area contributed by atoms with E-state index in [4.69, 9.17) is 0 Å². The number of carbonyl (C=O) groups is 1. The van der Waals surface area contributed by atoms with Gasteiger partial charge in [0.25, 0.3) is 0 Å². The molecule has 1 saturated heterocycles. The number of nitrogens with zero attached hydrogens (tertiary/aromatic N) is 2. The molecule has 2 aromatic rings. The van der Waals surface area contributed by atoms with Crippen LogP contribution in [0.15, 0.2) is 24.5 Å². The zero-order chi connectivity index (χ0) is 13.4. The van der Waals surface area contributed by atoms with Crippen LogP contribution in [0.4, 0.5) is 0 Å². The van der Waals surface area contributed by atoms with Gasteiger partial charge in [-0.3, -0.25) is 9.78 Å². The molecule has 4 nitrogen and oxygen atoms in total. The van der Waals surface area contributed by atoms with Crippen LogP contribution in [0.5, 0.6) is 0 Å². The summed E-state index contributed by atoms with van der Waals surface area (Å²) in [6.07, 6.45) is 4.76. The molecular weight excluding hydrogens is 238 g/mol. The molecule has 1 N–H and O–H groups in total. The smallest absolute Gasteiger partial charge is 0.225 e. The minimum Gasteiger partial charge on any atom is -0.360 e. The van der Waals surface area contributed by atoms with Gasteiger partial charge in [0, 0.05) is 36.8 Å². The number of hydrogen-bond acceptors (Lipinski definition) is 2. The van der Waals surface area contributed by atoms with E-state index in [0.29, 0.717) is 5.92 Å². The van der Waals surface area contributed by atoms with E-state index in [1.54, 1.807) is 0 Å². The van der Waals surface area contributed by atoms with Gasteiger partial charge in [-0.15, -0.1) is 0 Å². The Balaban J connectivity index is 1.65. The highest BCUT2D eigenvalue weighted by Gasteiger charge is 2.32. The maximum atomic E-state index is 11.8. The van der Waals surface area contributed by atoms with Crippen molar-refractivity contribution in [1.82, 2.24) is 14.9 Å². The third-order valence-corrected chi connectivity index (χ3v) is 3.80. The minimum absolute atomic E-state index is 0.103. The van der Waals surface area contributed by atoms with Crippen LogP contribution in [0.25, 0.3) is 10.9 Å². The molecule has 1 aliphatic rings. The van der Waals surface area contributed by atoms with Crippen molar-refractivity contribution in [2.24, 2.45) is 11.8 Å². The number of hydrogen-bond donors (Lipinski definition) is 1. The molecule has 0 aliphatic carbocycles. The van der Waals surface area contributed by atoms with Crippen LogP contribution in [0.1, 0.15) is 19.5 Å². The van der Waals surface area contributed by atoms with Crippen LogP contribution in [-0.2, 0) is 11.2 Å². The topological polar surface area (TPSA) is 49.0 Å². The first-order valence-corrected chi connectivity index (χ1v) is 6.85. The van der Waals surface area contributed by atoms with Crippen LogP contribution in [0.2, 0.25) is 0 Å². The third-order valence-electron chi connectivity index (χ3n) is 3.80. The fourth-order valence-electron chi connectivity index (χ4n) is 2.71. The highest BCUT2D eigenvalue weighted by Crippen LogP contribution is 2.24. The van der Waals surface area contributed by atoms with E-state index in [-0.39, 0.29) is 11.8 Å². The predicted molar refractivity (Wildman–Crippen MR) is 74.7 cm³/mol. The summed E-state index contributed by atoms with van der Waals surface area (Å²) in [5.74, 6) is 0.914. The molecular formula is C15H19N3O.